The lowest BCUT2D eigenvalue weighted by Crippen LogP contribution is -2.70. The highest BCUT2D eigenvalue weighted by atomic mass is 16.5. The number of hydrogen-bond donors (Lipinski definition) is 3. The van der Waals surface area contributed by atoms with Crippen molar-refractivity contribution in [1.82, 2.24) is 15.1 Å². The number of aliphatic hydroxyl groups excluding tert-OH is 1. The first-order valence-corrected chi connectivity index (χ1v) is 21.4. The second-order valence-electron chi connectivity index (χ2n) is 17.0. The predicted octanol–water partition coefficient (Wildman–Crippen LogP) is 5.85. The zero-order valence-electron chi connectivity index (χ0n) is 36.8. The van der Waals surface area contributed by atoms with Crippen molar-refractivity contribution in [3.8, 4) is 11.1 Å². The predicted molar refractivity (Wildman–Crippen MR) is 232 cm³/mol. The summed E-state index contributed by atoms with van der Waals surface area (Å²) >= 11 is 0. The molecular formula is C48H66N4O8. The molecule has 0 radical (unpaired) electrons. The van der Waals surface area contributed by atoms with Crippen LogP contribution in [0, 0.1) is 17.8 Å². The number of methoxy groups -OCH3 is 2. The first-order chi connectivity index (χ1) is 28.6. The van der Waals surface area contributed by atoms with Crippen molar-refractivity contribution in [1.29, 1.82) is 0 Å². The Kier molecular flexibility index (Phi) is 15.7. The van der Waals surface area contributed by atoms with Gasteiger partial charge in [0.2, 0.25) is 23.3 Å². The van der Waals surface area contributed by atoms with Crippen LogP contribution in [0.3, 0.4) is 0 Å². The molecule has 1 saturated heterocycles. The Labute approximate surface area is 356 Å². The molecule has 5 rings (SSSR count). The minimum Gasteiger partial charge on any atom is -0.463 e. The number of carbonyl (C=O) groups excluding carboxylic acids is 4. The largest absolute Gasteiger partial charge is 0.463 e. The third-order valence-electron chi connectivity index (χ3n) is 13.3. The van der Waals surface area contributed by atoms with Crippen molar-refractivity contribution in [3.63, 3.8) is 0 Å². The van der Waals surface area contributed by atoms with Crippen molar-refractivity contribution in [3.05, 3.63) is 95.6 Å². The van der Waals surface area contributed by atoms with Gasteiger partial charge in [0.15, 0.2) is 0 Å². The first kappa shape index (κ1) is 46.4. The van der Waals surface area contributed by atoms with E-state index in [0.717, 1.165) is 28.7 Å². The summed E-state index contributed by atoms with van der Waals surface area (Å²) in [5.41, 5.74) is 9.35. The molecule has 3 amide bonds. The highest BCUT2D eigenvalue weighted by Crippen LogP contribution is 2.45. The van der Waals surface area contributed by atoms with Gasteiger partial charge in [-0.2, -0.15) is 0 Å². The number of amides is 3. The summed E-state index contributed by atoms with van der Waals surface area (Å²) in [6.45, 7) is 11.6. The fourth-order valence-corrected chi connectivity index (χ4v) is 9.82. The number of ether oxygens (including phenoxy) is 3. The van der Waals surface area contributed by atoms with Crippen LogP contribution in [0.4, 0.5) is 0 Å². The normalized spacial score (nSPS) is 19.7. The van der Waals surface area contributed by atoms with Crippen LogP contribution in [0.2, 0.25) is 0 Å². The molecule has 9 atom stereocenters. The Morgan fingerprint density at radius 1 is 0.900 bits per heavy atom. The third-order valence-corrected chi connectivity index (χ3v) is 13.3. The van der Waals surface area contributed by atoms with Crippen molar-refractivity contribution in [2.75, 3.05) is 34.4 Å². The number of rotatable bonds is 20. The van der Waals surface area contributed by atoms with Gasteiger partial charge in [0, 0.05) is 32.7 Å². The van der Waals surface area contributed by atoms with Crippen LogP contribution in [0.25, 0.3) is 11.1 Å². The van der Waals surface area contributed by atoms with Gasteiger partial charge in [-0.25, -0.2) is 4.79 Å². The molecule has 1 heterocycles. The minimum absolute atomic E-state index is 0.0165. The van der Waals surface area contributed by atoms with Crippen LogP contribution in [0.1, 0.15) is 95.9 Å². The Morgan fingerprint density at radius 2 is 1.48 bits per heavy atom. The SMILES string of the molecule is CC[C@H](C)[C@@H]([C@@H](CC(=O)N1CCC[C@H]1[C@H](OC)[C@@H](C)C(=O)N[C@H](C)[C@@H](O)c1ccccc1)OC)N(C)[C@@](C(N)=O)(C(=O)OCC1c2ccccc2-c2ccccc21)C(C)C. The molecule has 326 valence electrons. The number of primary amides is 1. The van der Waals surface area contributed by atoms with Crippen LogP contribution in [0.15, 0.2) is 78.9 Å². The molecule has 3 aromatic rings. The molecule has 1 fully saturated rings. The average molecular weight is 827 g/mol. The smallest absolute Gasteiger partial charge is 0.336 e. The summed E-state index contributed by atoms with van der Waals surface area (Å²) in [7, 11) is 4.78. The van der Waals surface area contributed by atoms with Gasteiger partial charge in [-0.3, -0.25) is 19.3 Å². The lowest BCUT2D eigenvalue weighted by molar-refractivity contribution is -0.172. The first-order valence-electron chi connectivity index (χ1n) is 21.4. The molecule has 4 N–H and O–H groups in total. The van der Waals surface area contributed by atoms with E-state index in [1.807, 2.05) is 80.6 Å². The number of hydrogen-bond acceptors (Lipinski definition) is 9. The molecule has 0 saturated carbocycles. The number of likely N-dealkylation sites (tertiary alicyclic amines) is 1. The molecule has 1 aliphatic heterocycles. The summed E-state index contributed by atoms with van der Waals surface area (Å²) in [4.78, 5) is 60.0. The molecule has 1 aliphatic carbocycles. The zero-order chi connectivity index (χ0) is 43.9. The number of nitrogens with two attached hydrogens (primary N) is 1. The maximum Gasteiger partial charge on any atom is 0.336 e. The third kappa shape index (κ3) is 9.17. The van der Waals surface area contributed by atoms with E-state index in [-0.39, 0.29) is 36.7 Å². The highest BCUT2D eigenvalue weighted by molar-refractivity contribution is 6.07. The second kappa shape index (κ2) is 20.3. The summed E-state index contributed by atoms with van der Waals surface area (Å²) in [5.74, 6) is -3.69. The Hall–Kier alpha value is -4.62. The van der Waals surface area contributed by atoms with E-state index in [1.165, 1.54) is 7.11 Å². The van der Waals surface area contributed by atoms with E-state index in [0.29, 0.717) is 24.9 Å². The Balaban J connectivity index is 1.35. The maximum absolute atomic E-state index is 14.6. The minimum atomic E-state index is -1.89. The van der Waals surface area contributed by atoms with Crippen molar-refractivity contribution >= 4 is 23.7 Å². The van der Waals surface area contributed by atoms with Crippen molar-refractivity contribution in [2.45, 2.75) is 115 Å². The Bertz CT molecular complexity index is 1900. The van der Waals surface area contributed by atoms with E-state index in [9.17, 15) is 24.3 Å². The number of esters is 1. The molecule has 60 heavy (non-hydrogen) atoms. The van der Waals surface area contributed by atoms with Crippen LogP contribution in [-0.2, 0) is 33.4 Å². The molecule has 3 aromatic carbocycles. The summed E-state index contributed by atoms with van der Waals surface area (Å²) < 4.78 is 18.3. The highest BCUT2D eigenvalue weighted by Gasteiger charge is 2.56. The number of fused-ring (bicyclic) bond motifs is 3. The van der Waals surface area contributed by atoms with Gasteiger partial charge in [-0.05, 0) is 66.5 Å². The van der Waals surface area contributed by atoms with Crippen molar-refractivity contribution < 1.29 is 38.5 Å². The standard InChI is InChI=1S/C48H66N4O8/c1-10-30(4)42(51(7)48(29(2)3,46(49)56)47(57)60-28-38-36-23-16-14-21-34(36)35-22-15-17-24-37(35)38)40(58-8)27-41(53)52-26-18-25-39(52)44(59-9)31(5)45(55)50-32(6)43(54)33-19-12-11-13-20-33/h11-17,19-24,29-32,38-40,42-44,54H,10,18,25-28H2,1-9H3,(H2,49,56)(H,50,55)/t30-,31+,32+,39-,40+,42-,43+,44+,48-/m0/s1. The molecule has 0 aromatic heterocycles. The van der Waals surface area contributed by atoms with Crippen LogP contribution < -0.4 is 11.1 Å². The van der Waals surface area contributed by atoms with Crippen molar-refractivity contribution in [2.24, 2.45) is 23.5 Å². The number of nitrogens with one attached hydrogen (secondary N) is 1. The monoisotopic (exact) mass is 826 g/mol. The number of carbonyl (C=O) groups is 4. The van der Waals surface area contributed by atoms with Gasteiger partial charge < -0.3 is 35.3 Å². The fraction of sp³-hybridized carbons (Fsp3) is 0.542. The zero-order valence-corrected chi connectivity index (χ0v) is 36.8. The summed E-state index contributed by atoms with van der Waals surface area (Å²) in [6.07, 6.45) is -0.313. The lowest BCUT2D eigenvalue weighted by Gasteiger charge is -2.48. The molecule has 0 unspecified atom stereocenters. The van der Waals surface area contributed by atoms with E-state index < -0.39 is 65.7 Å². The molecular weight excluding hydrogens is 761 g/mol. The van der Waals surface area contributed by atoms with E-state index in [1.54, 1.807) is 51.7 Å². The molecule has 2 aliphatic rings. The summed E-state index contributed by atoms with van der Waals surface area (Å²) in [5, 5.41) is 13.9. The number of nitrogens with zero attached hydrogens (tertiary/aromatic N) is 2. The number of likely N-dealkylation sites (N-methyl/N-ethyl adjacent to an activating group) is 1. The molecule has 0 spiro atoms. The van der Waals surface area contributed by atoms with Gasteiger partial charge in [0.1, 0.15) is 6.61 Å². The molecule has 12 heteroatoms. The molecule has 12 nitrogen and oxygen atoms in total. The topological polar surface area (TPSA) is 161 Å². The van der Waals surface area contributed by atoms with Gasteiger partial charge in [-0.15, -0.1) is 0 Å². The fourth-order valence-electron chi connectivity index (χ4n) is 9.82. The second-order valence-corrected chi connectivity index (χ2v) is 17.0. The van der Waals surface area contributed by atoms with E-state index in [4.69, 9.17) is 19.9 Å². The van der Waals surface area contributed by atoms with Crippen LogP contribution >= 0.6 is 0 Å². The quantitative estimate of drug-likeness (QED) is 0.0938. The number of benzene rings is 3. The van der Waals surface area contributed by atoms with Crippen LogP contribution in [0.5, 0.6) is 0 Å². The van der Waals surface area contributed by atoms with Gasteiger partial charge in [-0.1, -0.05) is 120 Å². The van der Waals surface area contributed by atoms with Gasteiger partial charge in [0.25, 0.3) is 0 Å². The maximum atomic E-state index is 14.6. The number of aliphatic hydroxyl groups is 1. The lowest BCUT2D eigenvalue weighted by atomic mass is 9.79. The van der Waals surface area contributed by atoms with Gasteiger partial charge in [0.05, 0.1) is 42.7 Å². The van der Waals surface area contributed by atoms with E-state index in [2.05, 4.69) is 17.4 Å². The van der Waals surface area contributed by atoms with Crippen LogP contribution in [-0.4, -0.2) is 109 Å². The Morgan fingerprint density at radius 3 is 2.02 bits per heavy atom. The van der Waals surface area contributed by atoms with Gasteiger partial charge >= 0.3 is 5.97 Å². The average Bonchev–Trinajstić information content (AvgIpc) is 3.86. The summed E-state index contributed by atoms with van der Waals surface area (Å²) in [6, 6.07) is 23.7. The van der Waals surface area contributed by atoms with E-state index >= 15 is 0 Å². The molecule has 0 bridgehead atoms.